The van der Waals surface area contributed by atoms with Gasteiger partial charge >= 0.3 is 5.97 Å². The SMILES string of the molecule is COc1c(C(C)(C)C(=O)O)c(C)nn1C. The van der Waals surface area contributed by atoms with Gasteiger partial charge in [0.2, 0.25) is 5.88 Å². The van der Waals surface area contributed by atoms with E-state index in [1.54, 1.807) is 32.5 Å². The van der Waals surface area contributed by atoms with E-state index in [0.29, 0.717) is 17.1 Å². The molecular weight excluding hydrogens is 196 g/mol. The molecule has 15 heavy (non-hydrogen) atoms. The van der Waals surface area contributed by atoms with Gasteiger partial charge in [0, 0.05) is 7.05 Å². The van der Waals surface area contributed by atoms with Crippen molar-refractivity contribution in [3.8, 4) is 5.88 Å². The van der Waals surface area contributed by atoms with Crippen molar-refractivity contribution in [1.29, 1.82) is 0 Å². The van der Waals surface area contributed by atoms with Gasteiger partial charge in [-0.1, -0.05) is 0 Å². The van der Waals surface area contributed by atoms with Gasteiger partial charge < -0.3 is 9.84 Å². The van der Waals surface area contributed by atoms with Crippen molar-refractivity contribution in [3.05, 3.63) is 11.3 Å². The maximum absolute atomic E-state index is 11.2. The third kappa shape index (κ3) is 1.69. The Balaban J connectivity index is 3.42. The number of methoxy groups -OCH3 is 1. The van der Waals surface area contributed by atoms with E-state index in [2.05, 4.69) is 5.10 Å². The van der Waals surface area contributed by atoms with Crippen LogP contribution in [0, 0.1) is 6.92 Å². The highest BCUT2D eigenvalue weighted by Gasteiger charge is 2.36. The lowest BCUT2D eigenvalue weighted by Gasteiger charge is -2.19. The molecule has 0 bridgehead atoms. The molecule has 0 atom stereocenters. The van der Waals surface area contributed by atoms with Crippen LogP contribution in [0.15, 0.2) is 0 Å². The van der Waals surface area contributed by atoms with Crippen LogP contribution in [0.4, 0.5) is 0 Å². The first-order valence-corrected chi connectivity index (χ1v) is 4.63. The Labute approximate surface area is 88.7 Å². The smallest absolute Gasteiger partial charge is 0.313 e. The lowest BCUT2D eigenvalue weighted by molar-refractivity contribution is -0.142. The minimum absolute atomic E-state index is 0.500. The number of hydrogen-bond acceptors (Lipinski definition) is 3. The molecule has 0 fully saturated rings. The van der Waals surface area contributed by atoms with E-state index in [9.17, 15) is 4.79 Å². The molecular formula is C10H16N2O3. The Kier molecular flexibility index (Phi) is 2.75. The minimum Gasteiger partial charge on any atom is -0.481 e. The van der Waals surface area contributed by atoms with Crippen LogP contribution >= 0.6 is 0 Å². The fourth-order valence-electron chi connectivity index (χ4n) is 1.70. The van der Waals surface area contributed by atoms with Crippen molar-refractivity contribution in [2.75, 3.05) is 7.11 Å². The summed E-state index contributed by atoms with van der Waals surface area (Å²) < 4.78 is 6.72. The summed E-state index contributed by atoms with van der Waals surface area (Å²) in [5.74, 6) is -0.392. The van der Waals surface area contributed by atoms with Crippen molar-refractivity contribution >= 4 is 5.97 Å². The number of aliphatic carboxylic acids is 1. The van der Waals surface area contributed by atoms with Gasteiger partial charge in [0.15, 0.2) is 0 Å². The number of hydrogen-bond donors (Lipinski definition) is 1. The van der Waals surface area contributed by atoms with Crippen LogP contribution in [0.1, 0.15) is 25.1 Å². The summed E-state index contributed by atoms with van der Waals surface area (Å²) in [7, 11) is 3.24. The topological polar surface area (TPSA) is 64.3 Å². The summed E-state index contributed by atoms with van der Waals surface area (Å²) in [4.78, 5) is 11.2. The fraction of sp³-hybridized carbons (Fsp3) is 0.600. The Morgan fingerprint density at radius 2 is 2.07 bits per heavy atom. The number of carboxylic acids is 1. The molecule has 5 heteroatoms. The number of aryl methyl sites for hydroxylation is 2. The van der Waals surface area contributed by atoms with Crippen LogP contribution in [0.25, 0.3) is 0 Å². The van der Waals surface area contributed by atoms with E-state index in [1.165, 1.54) is 7.11 Å². The Morgan fingerprint density at radius 1 is 1.53 bits per heavy atom. The lowest BCUT2D eigenvalue weighted by atomic mass is 9.85. The summed E-state index contributed by atoms with van der Waals surface area (Å²) in [6.45, 7) is 5.06. The average molecular weight is 212 g/mol. The quantitative estimate of drug-likeness (QED) is 0.814. The number of nitrogens with zero attached hydrogens (tertiary/aromatic N) is 2. The second-order valence-corrected chi connectivity index (χ2v) is 4.02. The van der Waals surface area contributed by atoms with Crippen molar-refractivity contribution in [2.45, 2.75) is 26.2 Å². The standard InChI is InChI=1S/C10H16N2O3/c1-6-7(10(2,3)9(13)14)8(15-5)12(4)11-6/h1-5H3,(H,13,14). The molecule has 0 unspecified atom stereocenters. The van der Waals surface area contributed by atoms with E-state index in [-0.39, 0.29) is 0 Å². The maximum atomic E-state index is 11.2. The van der Waals surface area contributed by atoms with Gasteiger partial charge in [-0.15, -0.1) is 0 Å². The second kappa shape index (κ2) is 3.56. The molecule has 0 aliphatic heterocycles. The molecule has 0 amide bonds. The van der Waals surface area contributed by atoms with Crippen LogP contribution in [-0.4, -0.2) is 28.0 Å². The second-order valence-electron chi connectivity index (χ2n) is 4.02. The first kappa shape index (κ1) is 11.6. The van der Waals surface area contributed by atoms with E-state index >= 15 is 0 Å². The molecule has 84 valence electrons. The number of ether oxygens (including phenoxy) is 1. The molecule has 0 aromatic carbocycles. The molecule has 0 radical (unpaired) electrons. The molecule has 1 heterocycles. The maximum Gasteiger partial charge on any atom is 0.313 e. The first-order chi connectivity index (χ1) is 6.82. The van der Waals surface area contributed by atoms with Crippen LogP contribution in [0.3, 0.4) is 0 Å². The first-order valence-electron chi connectivity index (χ1n) is 4.63. The zero-order chi connectivity index (χ0) is 11.8. The molecule has 0 saturated heterocycles. The largest absolute Gasteiger partial charge is 0.481 e. The van der Waals surface area contributed by atoms with Crippen molar-refractivity contribution in [2.24, 2.45) is 7.05 Å². The Morgan fingerprint density at radius 3 is 2.47 bits per heavy atom. The van der Waals surface area contributed by atoms with Gasteiger partial charge in [0.05, 0.1) is 23.8 Å². The lowest BCUT2D eigenvalue weighted by Crippen LogP contribution is -2.29. The van der Waals surface area contributed by atoms with Crippen molar-refractivity contribution < 1.29 is 14.6 Å². The predicted molar refractivity (Wildman–Crippen MR) is 55.2 cm³/mol. The molecule has 0 spiro atoms. The van der Waals surface area contributed by atoms with Crippen LogP contribution < -0.4 is 4.74 Å². The highest BCUT2D eigenvalue weighted by Crippen LogP contribution is 2.34. The summed E-state index contributed by atoms with van der Waals surface area (Å²) >= 11 is 0. The third-order valence-corrected chi connectivity index (χ3v) is 2.52. The van der Waals surface area contributed by atoms with Gasteiger partial charge in [-0.3, -0.25) is 4.79 Å². The Hall–Kier alpha value is -1.52. The van der Waals surface area contributed by atoms with Gasteiger partial charge in [-0.05, 0) is 20.8 Å². The molecule has 1 N–H and O–H groups in total. The number of carboxylic acid groups (broad SMARTS) is 1. The molecule has 1 aromatic heterocycles. The Bertz CT molecular complexity index is 394. The van der Waals surface area contributed by atoms with Gasteiger partial charge in [-0.25, -0.2) is 4.68 Å². The molecule has 0 aliphatic rings. The fourth-order valence-corrected chi connectivity index (χ4v) is 1.70. The van der Waals surface area contributed by atoms with E-state index < -0.39 is 11.4 Å². The average Bonchev–Trinajstić information content (AvgIpc) is 2.40. The van der Waals surface area contributed by atoms with Gasteiger partial charge in [0.25, 0.3) is 0 Å². The summed E-state index contributed by atoms with van der Waals surface area (Å²) in [6.07, 6.45) is 0. The molecule has 1 rings (SSSR count). The third-order valence-electron chi connectivity index (χ3n) is 2.52. The summed E-state index contributed by atoms with van der Waals surface area (Å²) in [6, 6.07) is 0. The molecule has 5 nitrogen and oxygen atoms in total. The minimum atomic E-state index is -0.996. The van der Waals surface area contributed by atoms with E-state index in [1.807, 2.05) is 0 Å². The zero-order valence-corrected chi connectivity index (χ0v) is 9.66. The van der Waals surface area contributed by atoms with Crippen molar-refractivity contribution in [1.82, 2.24) is 9.78 Å². The van der Waals surface area contributed by atoms with Gasteiger partial charge in [0.1, 0.15) is 0 Å². The molecule has 0 aliphatic carbocycles. The molecule has 1 aromatic rings. The normalized spacial score (nSPS) is 11.5. The summed E-state index contributed by atoms with van der Waals surface area (Å²) in [5, 5.41) is 13.3. The summed E-state index contributed by atoms with van der Waals surface area (Å²) in [5.41, 5.74) is 0.311. The number of rotatable bonds is 3. The highest BCUT2D eigenvalue weighted by molar-refractivity contribution is 5.81. The van der Waals surface area contributed by atoms with Crippen molar-refractivity contribution in [3.63, 3.8) is 0 Å². The van der Waals surface area contributed by atoms with E-state index in [0.717, 1.165) is 0 Å². The van der Waals surface area contributed by atoms with Crippen LogP contribution in [0.2, 0.25) is 0 Å². The number of aromatic nitrogens is 2. The monoisotopic (exact) mass is 212 g/mol. The van der Waals surface area contributed by atoms with E-state index in [4.69, 9.17) is 9.84 Å². The van der Waals surface area contributed by atoms with Crippen LogP contribution in [-0.2, 0) is 17.3 Å². The van der Waals surface area contributed by atoms with Gasteiger partial charge in [-0.2, -0.15) is 5.10 Å². The zero-order valence-electron chi connectivity index (χ0n) is 9.66. The highest BCUT2D eigenvalue weighted by atomic mass is 16.5. The predicted octanol–water partition coefficient (Wildman–Crippen LogP) is 1.10. The molecule has 0 saturated carbocycles. The number of carbonyl (C=O) groups is 1. The van der Waals surface area contributed by atoms with Crippen LogP contribution in [0.5, 0.6) is 5.88 Å².